The fourth-order valence-electron chi connectivity index (χ4n) is 1.08. The molecule has 0 saturated carbocycles. The van der Waals surface area contributed by atoms with Crippen LogP contribution in [-0.2, 0) is 0 Å². The summed E-state index contributed by atoms with van der Waals surface area (Å²) in [6.07, 6.45) is 1.48. The van der Waals surface area contributed by atoms with Crippen molar-refractivity contribution in [2.75, 3.05) is 0 Å². The quantitative estimate of drug-likeness (QED) is 0.647. The van der Waals surface area contributed by atoms with Crippen molar-refractivity contribution in [1.82, 2.24) is 4.98 Å². The largest absolute Gasteiger partial charge is 0.356 e. The van der Waals surface area contributed by atoms with Gasteiger partial charge in [-0.15, -0.1) is 0 Å². The fourth-order valence-corrected chi connectivity index (χ4v) is 1.08. The van der Waals surface area contributed by atoms with Crippen LogP contribution in [0.25, 0.3) is 0 Å². The van der Waals surface area contributed by atoms with Crippen LogP contribution < -0.4 is 0 Å². The molecule has 0 bridgehead atoms. The van der Waals surface area contributed by atoms with Gasteiger partial charge in [-0.3, -0.25) is 9.59 Å². The smallest absolute Gasteiger partial charge is 0.166 e. The Hall–Kier alpha value is -1.38. The van der Waals surface area contributed by atoms with E-state index >= 15 is 0 Å². The first-order valence-electron chi connectivity index (χ1n) is 3.30. The number of aryl methyl sites for hydroxylation is 1. The molecular weight excluding hydrogens is 142 g/mol. The van der Waals surface area contributed by atoms with Gasteiger partial charge in [0.1, 0.15) is 0 Å². The molecule has 0 fully saturated rings. The zero-order chi connectivity index (χ0) is 8.43. The number of carbonyl (C=O) groups is 2. The van der Waals surface area contributed by atoms with Crippen LogP contribution in [0.5, 0.6) is 0 Å². The van der Waals surface area contributed by atoms with Gasteiger partial charge >= 0.3 is 0 Å². The normalized spacial score (nSPS) is 9.64. The van der Waals surface area contributed by atoms with Crippen LogP contribution in [0.15, 0.2) is 0 Å². The lowest BCUT2D eigenvalue weighted by Gasteiger charge is -1.86. The molecule has 58 valence electrons. The van der Waals surface area contributed by atoms with E-state index in [1.165, 1.54) is 0 Å². The Morgan fingerprint density at radius 1 is 1.18 bits per heavy atom. The van der Waals surface area contributed by atoms with Crippen molar-refractivity contribution in [3.63, 3.8) is 0 Å². The van der Waals surface area contributed by atoms with Crippen LogP contribution in [0.4, 0.5) is 0 Å². The molecule has 1 N–H and O–H groups in total. The van der Waals surface area contributed by atoms with Gasteiger partial charge in [0.25, 0.3) is 0 Å². The molecule has 0 aliphatic carbocycles. The maximum atomic E-state index is 10.4. The molecule has 0 atom stereocenters. The van der Waals surface area contributed by atoms with Crippen molar-refractivity contribution < 1.29 is 9.59 Å². The molecular formula is C8H9NO2. The summed E-state index contributed by atoms with van der Waals surface area (Å²) < 4.78 is 0. The minimum Gasteiger partial charge on any atom is -0.356 e. The van der Waals surface area contributed by atoms with Crippen LogP contribution in [0, 0.1) is 13.8 Å². The number of rotatable bonds is 2. The topological polar surface area (TPSA) is 49.9 Å². The predicted octanol–water partition coefficient (Wildman–Crippen LogP) is 1.26. The molecule has 0 saturated heterocycles. The lowest BCUT2D eigenvalue weighted by Crippen LogP contribution is -1.84. The van der Waals surface area contributed by atoms with E-state index in [0.29, 0.717) is 11.3 Å². The van der Waals surface area contributed by atoms with E-state index in [-0.39, 0.29) is 0 Å². The number of carbonyl (C=O) groups excluding carboxylic acids is 2. The summed E-state index contributed by atoms with van der Waals surface area (Å²) in [7, 11) is 0. The summed E-state index contributed by atoms with van der Waals surface area (Å²) >= 11 is 0. The molecule has 1 rings (SSSR count). The molecule has 1 aromatic heterocycles. The lowest BCUT2D eigenvalue weighted by atomic mass is 10.1. The van der Waals surface area contributed by atoms with E-state index in [2.05, 4.69) is 4.98 Å². The van der Waals surface area contributed by atoms with Gasteiger partial charge in [0, 0.05) is 11.3 Å². The molecule has 0 aliphatic rings. The third kappa shape index (κ3) is 1.09. The highest BCUT2D eigenvalue weighted by atomic mass is 16.1. The average Bonchev–Trinajstić information content (AvgIpc) is 2.26. The first-order valence-corrected chi connectivity index (χ1v) is 3.30. The molecule has 1 heterocycles. The molecule has 3 nitrogen and oxygen atoms in total. The second kappa shape index (κ2) is 2.70. The van der Waals surface area contributed by atoms with Gasteiger partial charge in [0.15, 0.2) is 12.6 Å². The second-order valence-corrected chi connectivity index (χ2v) is 2.44. The second-order valence-electron chi connectivity index (χ2n) is 2.44. The third-order valence-electron chi connectivity index (χ3n) is 1.77. The van der Waals surface area contributed by atoms with Crippen molar-refractivity contribution in [2.45, 2.75) is 13.8 Å². The van der Waals surface area contributed by atoms with Gasteiger partial charge < -0.3 is 4.98 Å². The average molecular weight is 151 g/mol. The molecule has 0 unspecified atom stereocenters. The Labute approximate surface area is 64.4 Å². The third-order valence-corrected chi connectivity index (χ3v) is 1.77. The number of aldehydes is 2. The number of aromatic nitrogens is 1. The highest BCUT2D eigenvalue weighted by molar-refractivity contribution is 5.86. The molecule has 0 radical (unpaired) electrons. The Balaban J connectivity index is 3.35. The fraction of sp³-hybridized carbons (Fsp3) is 0.250. The summed E-state index contributed by atoms with van der Waals surface area (Å²) in [5, 5.41) is 0. The molecule has 0 aromatic carbocycles. The molecule has 1 aromatic rings. The Kier molecular flexibility index (Phi) is 1.89. The highest BCUT2D eigenvalue weighted by Gasteiger charge is 2.08. The number of nitrogens with one attached hydrogen (secondary N) is 1. The summed E-state index contributed by atoms with van der Waals surface area (Å²) in [5.41, 5.74) is 2.56. The minimum atomic E-state index is 0.490. The maximum absolute atomic E-state index is 10.4. The Bertz CT molecular complexity index is 299. The van der Waals surface area contributed by atoms with Gasteiger partial charge in [-0.05, 0) is 19.4 Å². The Morgan fingerprint density at radius 3 is 2.09 bits per heavy atom. The molecule has 0 aliphatic heterocycles. The van der Waals surface area contributed by atoms with Gasteiger partial charge in [-0.2, -0.15) is 0 Å². The van der Waals surface area contributed by atoms with Crippen LogP contribution in [-0.4, -0.2) is 17.6 Å². The number of hydrogen-bond donors (Lipinski definition) is 1. The molecule has 11 heavy (non-hydrogen) atoms. The van der Waals surface area contributed by atoms with Gasteiger partial charge in [-0.1, -0.05) is 0 Å². The predicted molar refractivity (Wildman–Crippen MR) is 41.0 cm³/mol. The first kappa shape index (κ1) is 7.72. The number of H-pyrrole nitrogens is 1. The first-order chi connectivity index (χ1) is 5.20. The summed E-state index contributed by atoms with van der Waals surface area (Å²) in [4.78, 5) is 23.6. The summed E-state index contributed by atoms with van der Waals surface area (Å²) in [6.45, 7) is 3.51. The molecule has 0 amide bonds. The van der Waals surface area contributed by atoms with Crippen molar-refractivity contribution in [3.8, 4) is 0 Å². The Morgan fingerprint density at radius 2 is 1.82 bits per heavy atom. The van der Waals surface area contributed by atoms with Crippen molar-refractivity contribution in [1.29, 1.82) is 0 Å². The van der Waals surface area contributed by atoms with Gasteiger partial charge in [0.05, 0.1) is 5.69 Å². The monoisotopic (exact) mass is 151 g/mol. The van der Waals surface area contributed by atoms with E-state index in [1.807, 2.05) is 0 Å². The zero-order valence-electron chi connectivity index (χ0n) is 6.47. The van der Waals surface area contributed by atoms with Crippen molar-refractivity contribution >= 4 is 12.6 Å². The summed E-state index contributed by atoms with van der Waals surface area (Å²) in [5.74, 6) is 0. The van der Waals surface area contributed by atoms with Crippen molar-refractivity contribution in [2.24, 2.45) is 0 Å². The van der Waals surface area contributed by atoms with Gasteiger partial charge in [0.2, 0.25) is 0 Å². The van der Waals surface area contributed by atoms with E-state index in [0.717, 1.165) is 23.8 Å². The van der Waals surface area contributed by atoms with Crippen LogP contribution in [0.3, 0.4) is 0 Å². The van der Waals surface area contributed by atoms with Crippen LogP contribution in [0.2, 0.25) is 0 Å². The minimum absolute atomic E-state index is 0.490. The van der Waals surface area contributed by atoms with Crippen molar-refractivity contribution in [3.05, 3.63) is 22.5 Å². The van der Waals surface area contributed by atoms with E-state index in [4.69, 9.17) is 0 Å². The number of hydrogen-bond acceptors (Lipinski definition) is 2. The maximum Gasteiger partial charge on any atom is 0.166 e. The zero-order valence-corrected chi connectivity index (χ0v) is 6.47. The molecule has 0 spiro atoms. The van der Waals surface area contributed by atoms with E-state index in [1.54, 1.807) is 13.8 Å². The SMILES string of the molecule is Cc1[nH]c(C=O)c(C)c1C=O. The van der Waals surface area contributed by atoms with Crippen LogP contribution in [0.1, 0.15) is 32.1 Å². The van der Waals surface area contributed by atoms with E-state index in [9.17, 15) is 9.59 Å². The standard InChI is InChI=1S/C8H9NO2/c1-5-7(3-10)6(2)9-8(5)4-11/h3-4,9H,1-2H3. The van der Waals surface area contributed by atoms with Crippen LogP contribution >= 0.6 is 0 Å². The lowest BCUT2D eigenvalue weighted by molar-refractivity contribution is 0.111. The number of aromatic amines is 1. The molecule has 3 heteroatoms. The highest BCUT2D eigenvalue weighted by Crippen LogP contribution is 2.13. The van der Waals surface area contributed by atoms with E-state index < -0.39 is 0 Å². The van der Waals surface area contributed by atoms with Gasteiger partial charge in [-0.25, -0.2) is 0 Å². The summed E-state index contributed by atoms with van der Waals surface area (Å²) in [6, 6.07) is 0.